The van der Waals surface area contributed by atoms with Crippen LogP contribution in [0.1, 0.15) is 0 Å². The first-order chi connectivity index (χ1) is 20.3. The minimum Gasteiger partial charge on any atom is -0.309 e. The van der Waals surface area contributed by atoms with E-state index in [0.717, 1.165) is 43.5 Å². The van der Waals surface area contributed by atoms with E-state index in [1.165, 1.54) is 32.6 Å². The summed E-state index contributed by atoms with van der Waals surface area (Å²) in [5.41, 5.74) is 8.51. The van der Waals surface area contributed by atoms with Crippen LogP contribution in [0.4, 0.5) is 0 Å². The lowest BCUT2D eigenvalue weighted by Crippen LogP contribution is -1.96. The van der Waals surface area contributed by atoms with Gasteiger partial charge in [0.05, 0.1) is 44.3 Å². The van der Waals surface area contributed by atoms with Gasteiger partial charge in [-0.25, -0.2) is 9.97 Å². The average molecular weight is 544 g/mol. The van der Waals surface area contributed by atoms with E-state index in [2.05, 4.69) is 117 Å². The van der Waals surface area contributed by atoms with Gasteiger partial charge in [0.1, 0.15) is 5.01 Å². The van der Waals surface area contributed by atoms with Crippen LogP contribution in [-0.4, -0.2) is 24.1 Å². The first-order valence-corrected chi connectivity index (χ1v) is 14.4. The number of rotatable bonds is 3. The Morgan fingerprint density at radius 2 is 1.17 bits per heavy atom. The fraction of sp³-hybridized carbons (Fsp3) is 0. The van der Waals surface area contributed by atoms with Crippen molar-refractivity contribution in [3.05, 3.63) is 128 Å². The summed E-state index contributed by atoms with van der Waals surface area (Å²) in [4.78, 5) is 14.0. The van der Waals surface area contributed by atoms with Crippen LogP contribution < -0.4 is 0 Å². The number of aromatic nitrogens is 5. The van der Waals surface area contributed by atoms with Crippen molar-refractivity contribution in [2.45, 2.75) is 0 Å². The number of nitrogens with zero attached hydrogens (tertiary/aromatic N) is 5. The van der Waals surface area contributed by atoms with Gasteiger partial charge in [0.25, 0.3) is 0 Å². The molecular weight excluding hydrogens is 522 g/mol. The fourth-order valence-corrected chi connectivity index (χ4v) is 6.99. The van der Waals surface area contributed by atoms with Gasteiger partial charge >= 0.3 is 0 Å². The summed E-state index contributed by atoms with van der Waals surface area (Å²) in [5, 5.41) is 5.78. The lowest BCUT2D eigenvalue weighted by molar-refractivity contribution is 1.14. The molecule has 0 radical (unpaired) electrons. The predicted octanol–water partition coefficient (Wildman–Crippen LogP) is 8.95. The molecule has 0 amide bonds. The number of benzene rings is 4. The van der Waals surface area contributed by atoms with E-state index >= 15 is 0 Å². The number of para-hydroxylation sites is 3. The van der Waals surface area contributed by atoms with Crippen LogP contribution in [0.25, 0.3) is 76.0 Å². The van der Waals surface area contributed by atoms with Crippen LogP contribution in [0.5, 0.6) is 0 Å². The maximum Gasteiger partial charge on any atom is 0.170 e. The SMILES string of the molecule is c1ccc(-n2c3ccccc3c3cc4c(cc32)c2ccccc2n4-c2ccc(-c3nc4ncccc4s3)nc2)cc1. The standard InChI is InChI=1S/C35H21N5S/c1-2-9-22(10-3-1)39-29-13-6-4-11-24(29)26-20-32-27(19-31(26)39)25-12-5-7-14-30(25)40(32)23-16-17-28(37-21-23)35-38-34-33(41-35)15-8-18-36-34/h1-21H. The number of pyridine rings is 2. The molecule has 0 aliphatic heterocycles. The summed E-state index contributed by atoms with van der Waals surface area (Å²) in [6.07, 6.45) is 3.73. The summed E-state index contributed by atoms with van der Waals surface area (Å²) in [6.45, 7) is 0. The third kappa shape index (κ3) is 3.31. The predicted molar refractivity (Wildman–Crippen MR) is 169 cm³/mol. The lowest BCUT2D eigenvalue weighted by atomic mass is 10.1. The number of hydrogen-bond donors (Lipinski definition) is 0. The maximum absolute atomic E-state index is 4.87. The van der Waals surface area contributed by atoms with Crippen molar-refractivity contribution < 1.29 is 0 Å². The normalized spacial score (nSPS) is 11.9. The first-order valence-electron chi connectivity index (χ1n) is 13.5. The van der Waals surface area contributed by atoms with Gasteiger partial charge in [-0.15, -0.1) is 11.3 Å². The van der Waals surface area contributed by atoms with Gasteiger partial charge in [0.15, 0.2) is 5.65 Å². The van der Waals surface area contributed by atoms with Crippen LogP contribution in [0.2, 0.25) is 0 Å². The Kier molecular flexibility index (Phi) is 4.71. The van der Waals surface area contributed by atoms with Crippen molar-refractivity contribution in [1.29, 1.82) is 0 Å². The van der Waals surface area contributed by atoms with E-state index < -0.39 is 0 Å². The molecule has 5 nitrogen and oxygen atoms in total. The Hall–Kier alpha value is -5.33. The quantitative estimate of drug-likeness (QED) is 0.223. The molecular formula is C35H21N5S. The highest BCUT2D eigenvalue weighted by molar-refractivity contribution is 7.21. The second kappa shape index (κ2) is 8.58. The summed E-state index contributed by atoms with van der Waals surface area (Å²) >= 11 is 1.62. The van der Waals surface area contributed by atoms with E-state index in [1.54, 1.807) is 17.5 Å². The molecule has 0 unspecified atom stereocenters. The molecule has 0 spiro atoms. The number of hydrogen-bond acceptors (Lipinski definition) is 4. The highest BCUT2D eigenvalue weighted by Gasteiger charge is 2.18. The van der Waals surface area contributed by atoms with Crippen LogP contribution >= 0.6 is 11.3 Å². The zero-order valence-electron chi connectivity index (χ0n) is 21.8. The van der Waals surface area contributed by atoms with Gasteiger partial charge < -0.3 is 9.13 Å². The van der Waals surface area contributed by atoms with Crippen LogP contribution in [-0.2, 0) is 0 Å². The zero-order valence-corrected chi connectivity index (χ0v) is 22.6. The van der Waals surface area contributed by atoms with Crippen molar-refractivity contribution in [3.63, 3.8) is 0 Å². The zero-order chi connectivity index (χ0) is 26.9. The van der Waals surface area contributed by atoms with Gasteiger partial charge in [0, 0.05) is 33.4 Å². The molecule has 0 bridgehead atoms. The van der Waals surface area contributed by atoms with E-state index in [4.69, 9.17) is 9.97 Å². The largest absolute Gasteiger partial charge is 0.309 e. The van der Waals surface area contributed by atoms with Crippen molar-refractivity contribution in [3.8, 4) is 22.1 Å². The molecule has 0 saturated carbocycles. The molecule has 9 aromatic rings. The molecule has 0 aliphatic carbocycles. The monoisotopic (exact) mass is 543 g/mol. The molecule has 5 aromatic heterocycles. The Labute approximate surface area is 238 Å². The Balaban J connectivity index is 1.30. The summed E-state index contributed by atoms with van der Waals surface area (Å²) in [6, 6.07) is 40.8. The second-order valence-electron chi connectivity index (χ2n) is 10.2. The highest BCUT2D eigenvalue weighted by atomic mass is 32.1. The highest BCUT2D eigenvalue weighted by Crippen LogP contribution is 2.39. The average Bonchev–Trinajstić information content (AvgIpc) is 3.71. The van der Waals surface area contributed by atoms with Gasteiger partial charge in [-0.2, -0.15) is 0 Å². The molecule has 0 saturated heterocycles. The van der Waals surface area contributed by atoms with Gasteiger partial charge in [-0.1, -0.05) is 54.6 Å². The third-order valence-electron chi connectivity index (χ3n) is 7.87. The molecule has 192 valence electrons. The first kappa shape index (κ1) is 22.5. The summed E-state index contributed by atoms with van der Waals surface area (Å²) < 4.78 is 5.77. The molecule has 41 heavy (non-hydrogen) atoms. The maximum atomic E-state index is 4.87. The molecule has 6 heteroatoms. The Morgan fingerprint density at radius 1 is 0.512 bits per heavy atom. The number of fused-ring (bicyclic) bond motifs is 7. The van der Waals surface area contributed by atoms with Crippen LogP contribution in [0, 0.1) is 0 Å². The molecule has 4 aromatic carbocycles. The van der Waals surface area contributed by atoms with Gasteiger partial charge in [0.2, 0.25) is 0 Å². The molecule has 0 atom stereocenters. The Morgan fingerprint density at radius 3 is 1.83 bits per heavy atom. The van der Waals surface area contributed by atoms with E-state index in [1.807, 2.05) is 18.3 Å². The topological polar surface area (TPSA) is 48.5 Å². The fourth-order valence-electron chi connectivity index (χ4n) is 6.09. The van der Waals surface area contributed by atoms with Crippen molar-refractivity contribution >= 4 is 65.3 Å². The van der Waals surface area contributed by atoms with Gasteiger partial charge in [-0.3, -0.25) is 4.98 Å². The summed E-state index contributed by atoms with van der Waals surface area (Å²) in [7, 11) is 0. The van der Waals surface area contributed by atoms with E-state index in [-0.39, 0.29) is 0 Å². The third-order valence-corrected chi connectivity index (χ3v) is 8.90. The van der Waals surface area contributed by atoms with Gasteiger partial charge in [-0.05, 0) is 60.7 Å². The Bertz CT molecular complexity index is 2380. The van der Waals surface area contributed by atoms with E-state index in [9.17, 15) is 0 Å². The minimum atomic E-state index is 0.763. The van der Waals surface area contributed by atoms with E-state index in [0.29, 0.717) is 0 Å². The molecule has 0 aliphatic rings. The lowest BCUT2D eigenvalue weighted by Gasteiger charge is -2.09. The number of thiazole rings is 1. The van der Waals surface area contributed by atoms with Crippen molar-refractivity contribution in [2.75, 3.05) is 0 Å². The smallest absolute Gasteiger partial charge is 0.170 e. The van der Waals surface area contributed by atoms with Crippen LogP contribution in [0.3, 0.4) is 0 Å². The minimum absolute atomic E-state index is 0.763. The van der Waals surface area contributed by atoms with Crippen LogP contribution in [0.15, 0.2) is 128 Å². The van der Waals surface area contributed by atoms with Crippen molar-refractivity contribution in [2.24, 2.45) is 0 Å². The molecule has 0 fully saturated rings. The molecule has 0 N–H and O–H groups in total. The molecule has 9 rings (SSSR count). The second-order valence-corrected chi connectivity index (χ2v) is 11.2. The summed E-state index contributed by atoms with van der Waals surface area (Å²) in [5.74, 6) is 0. The molecule has 5 heterocycles. The van der Waals surface area contributed by atoms with Crippen molar-refractivity contribution in [1.82, 2.24) is 24.1 Å².